The van der Waals surface area contributed by atoms with Crippen molar-refractivity contribution in [3.63, 3.8) is 0 Å². The summed E-state index contributed by atoms with van der Waals surface area (Å²) in [6.07, 6.45) is 9.45. The van der Waals surface area contributed by atoms with Gasteiger partial charge in [-0.05, 0) is 56.7 Å². The number of fused-ring (bicyclic) bond motifs is 1. The molecular formula is C27H34N4. The molecule has 1 heterocycles. The second kappa shape index (κ2) is 9.66. The molecule has 2 aromatic carbocycles. The number of benzene rings is 2. The van der Waals surface area contributed by atoms with Crippen LogP contribution in [0.1, 0.15) is 63.0 Å². The summed E-state index contributed by atoms with van der Waals surface area (Å²) < 4.78 is 2.28. The van der Waals surface area contributed by atoms with Gasteiger partial charge in [-0.2, -0.15) is 5.26 Å². The van der Waals surface area contributed by atoms with Crippen LogP contribution >= 0.6 is 0 Å². The van der Waals surface area contributed by atoms with Crippen LogP contribution in [-0.2, 0) is 6.42 Å². The SMILES string of the molecule is CCC(CC(C)Cc1ncc(C)n1-c1ccc(C#N)c2ccccc12)NCCC1CC1. The Morgan fingerprint density at radius 1 is 1.19 bits per heavy atom. The van der Waals surface area contributed by atoms with Crippen molar-refractivity contribution >= 4 is 10.8 Å². The fourth-order valence-corrected chi connectivity index (χ4v) is 4.71. The number of rotatable bonds is 10. The Labute approximate surface area is 186 Å². The third kappa shape index (κ3) is 4.99. The standard InChI is InChI=1S/C27H34N4/c1-4-23(29-14-13-21-9-10-21)15-19(2)16-27-30-18-20(3)31(27)26-12-11-22(17-28)24-7-5-6-8-25(24)26/h5-8,11-12,18-19,21,23,29H,4,9-10,13-16H2,1-3H3. The number of aromatic nitrogens is 2. The summed E-state index contributed by atoms with van der Waals surface area (Å²) in [4.78, 5) is 4.79. The van der Waals surface area contributed by atoms with E-state index in [1.54, 1.807) is 0 Å². The second-order valence-electron chi connectivity index (χ2n) is 9.28. The largest absolute Gasteiger partial charge is 0.314 e. The predicted molar refractivity (Wildman–Crippen MR) is 127 cm³/mol. The van der Waals surface area contributed by atoms with Gasteiger partial charge in [-0.15, -0.1) is 0 Å². The first kappa shape index (κ1) is 21.6. The van der Waals surface area contributed by atoms with Crippen molar-refractivity contribution in [2.24, 2.45) is 11.8 Å². The van der Waals surface area contributed by atoms with Crippen LogP contribution in [0.4, 0.5) is 0 Å². The first-order valence-electron chi connectivity index (χ1n) is 11.8. The molecule has 3 aromatic rings. The Morgan fingerprint density at radius 2 is 1.97 bits per heavy atom. The van der Waals surface area contributed by atoms with E-state index in [4.69, 9.17) is 4.98 Å². The molecule has 1 N–H and O–H groups in total. The van der Waals surface area contributed by atoms with Gasteiger partial charge in [0.25, 0.3) is 0 Å². The van der Waals surface area contributed by atoms with Gasteiger partial charge in [0.2, 0.25) is 0 Å². The Morgan fingerprint density at radius 3 is 2.68 bits per heavy atom. The molecule has 1 fully saturated rings. The summed E-state index contributed by atoms with van der Waals surface area (Å²) >= 11 is 0. The quantitative estimate of drug-likeness (QED) is 0.446. The van der Waals surface area contributed by atoms with Crippen LogP contribution in [0.25, 0.3) is 16.5 Å². The van der Waals surface area contributed by atoms with Gasteiger partial charge in [-0.1, -0.05) is 51.0 Å². The average molecular weight is 415 g/mol. The first-order valence-corrected chi connectivity index (χ1v) is 11.8. The van der Waals surface area contributed by atoms with Crippen molar-refractivity contribution in [3.8, 4) is 11.8 Å². The third-order valence-corrected chi connectivity index (χ3v) is 6.67. The minimum atomic E-state index is 0.545. The predicted octanol–water partition coefficient (Wildman–Crippen LogP) is 5.94. The van der Waals surface area contributed by atoms with E-state index in [0.717, 1.165) is 52.4 Å². The lowest BCUT2D eigenvalue weighted by atomic mass is 9.96. The molecule has 0 aliphatic heterocycles. The van der Waals surface area contributed by atoms with Gasteiger partial charge in [0.1, 0.15) is 5.82 Å². The van der Waals surface area contributed by atoms with E-state index >= 15 is 0 Å². The molecule has 4 nitrogen and oxygen atoms in total. The van der Waals surface area contributed by atoms with Gasteiger partial charge >= 0.3 is 0 Å². The van der Waals surface area contributed by atoms with Crippen LogP contribution in [0.2, 0.25) is 0 Å². The number of imidazole rings is 1. The third-order valence-electron chi connectivity index (χ3n) is 6.67. The molecule has 1 saturated carbocycles. The van der Waals surface area contributed by atoms with Gasteiger partial charge in [0, 0.05) is 35.1 Å². The maximum Gasteiger partial charge on any atom is 0.113 e. The number of hydrogen-bond acceptors (Lipinski definition) is 3. The fourth-order valence-electron chi connectivity index (χ4n) is 4.71. The van der Waals surface area contributed by atoms with Crippen LogP contribution in [0, 0.1) is 30.1 Å². The van der Waals surface area contributed by atoms with Crippen LogP contribution in [0.3, 0.4) is 0 Å². The molecular weight excluding hydrogens is 380 g/mol. The summed E-state index contributed by atoms with van der Waals surface area (Å²) in [7, 11) is 0. The van der Waals surface area contributed by atoms with E-state index < -0.39 is 0 Å². The molecule has 0 bridgehead atoms. The topological polar surface area (TPSA) is 53.6 Å². The first-order chi connectivity index (χ1) is 15.1. The Hall–Kier alpha value is -2.64. The van der Waals surface area contributed by atoms with Gasteiger partial charge in [0.05, 0.1) is 17.3 Å². The normalized spacial score (nSPS) is 15.7. The molecule has 4 rings (SSSR count). The van der Waals surface area contributed by atoms with Crippen molar-refractivity contribution in [3.05, 3.63) is 59.7 Å². The number of nitriles is 1. The van der Waals surface area contributed by atoms with E-state index in [-0.39, 0.29) is 0 Å². The van der Waals surface area contributed by atoms with E-state index in [2.05, 4.69) is 48.9 Å². The van der Waals surface area contributed by atoms with Crippen molar-refractivity contribution in [2.75, 3.05) is 6.54 Å². The highest BCUT2D eigenvalue weighted by molar-refractivity contribution is 5.94. The monoisotopic (exact) mass is 414 g/mol. The number of nitrogens with zero attached hydrogens (tertiary/aromatic N) is 3. The smallest absolute Gasteiger partial charge is 0.113 e. The van der Waals surface area contributed by atoms with Gasteiger partial charge in [-0.25, -0.2) is 4.98 Å². The Bertz CT molecular complexity index is 1070. The van der Waals surface area contributed by atoms with Gasteiger partial charge < -0.3 is 9.88 Å². The molecule has 2 atom stereocenters. The van der Waals surface area contributed by atoms with Gasteiger partial charge in [0.15, 0.2) is 0 Å². The molecule has 4 heteroatoms. The zero-order valence-corrected chi connectivity index (χ0v) is 19.1. The maximum absolute atomic E-state index is 9.51. The minimum absolute atomic E-state index is 0.545. The minimum Gasteiger partial charge on any atom is -0.314 e. The highest BCUT2D eigenvalue weighted by Crippen LogP contribution is 2.32. The molecule has 1 aromatic heterocycles. The second-order valence-corrected chi connectivity index (χ2v) is 9.28. The maximum atomic E-state index is 9.51. The number of nitrogens with one attached hydrogen (secondary N) is 1. The molecule has 1 aliphatic carbocycles. The lowest BCUT2D eigenvalue weighted by Crippen LogP contribution is -2.31. The average Bonchev–Trinajstić information content (AvgIpc) is 3.54. The Balaban J connectivity index is 1.53. The Kier molecular flexibility index (Phi) is 6.73. The lowest BCUT2D eigenvalue weighted by molar-refractivity contribution is 0.381. The van der Waals surface area contributed by atoms with Crippen molar-refractivity contribution < 1.29 is 0 Å². The summed E-state index contributed by atoms with van der Waals surface area (Å²) in [5.41, 5.74) is 2.96. The van der Waals surface area contributed by atoms with E-state index in [1.165, 1.54) is 32.1 Å². The highest BCUT2D eigenvalue weighted by Gasteiger charge is 2.21. The summed E-state index contributed by atoms with van der Waals surface area (Å²) in [6, 6.07) is 15.1. The molecule has 1 aliphatic rings. The van der Waals surface area contributed by atoms with Crippen molar-refractivity contribution in [1.82, 2.24) is 14.9 Å². The lowest BCUT2D eigenvalue weighted by Gasteiger charge is -2.22. The van der Waals surface area contributed by atoms with E-state index in [1.807, 2.05) is 30.5 Å². The van der Waals surface area contributed by atoms with Crippen LogP contribution in [-0.4, -0.2) is 22.1 Å². The highest BCUT2D eigenvalue weighted by atomic mass is 15.1. The van der Waals surface area contributed by atoms with Crippen LogP contribution < -0.4 is 5.32 Å². The molecule has 0 saturated heterocycles. The van der Waals surface area contributed by atoms with Crippen molar-refractivity contribution in [1.29, 1.82) is 5.26 Å². The molecule has 2 unspecified atom stereocenters. The van der Waals surface area contributed by atoms with E-state index in [9.17, 15) is 5.26 Å². The zero-order chi connectivity index (χ0) is 21.8. The van der Waals surface area contributed by atoms with E-state index in [0.29, 0.717) is 12.0 Å². The summed E-state index contributed by atoms with van der Waals surface area (Å²) in [5.74, 6) is 2.64. The van der Waals surface area contributed by atoms with Crippen LogP contribution in [0.5, 0.6) is 0 Å². The number of hydrogen-bond donors (Lipinski definition) is 1. The summed E-state index contributed by atoms with van der Waals surface area (Å²) in [5, 5.41) is 15.4. The zero-order valence-electron chi connectivity index (χ0n) is 19.1. The van der Waals surface area contributed by atoms with Crippen molar-refractivity contribution in [2.45, 2.75) is 65.3 Å². The number of aryl methyl sites for hydroxylation is 1. The molecule has 0 spiro atoms. The molecule has 0 amide bonds. The fraction of sp³-hybridized carbons (Fsp3) is 0.481. The van der Waals surface area contributed by atoms with Crippen LogP contribution in [0.15, 0.2) is 42.6 Å². The summed E-state index contributed by atoms with van der Waals surface area (Å²) in [6.45, 7) is 7.90. The van der Waals surface area contributed by atoms with Gasteiger partial charge in [-0.3, -0.25) is 0 Å². The molecule has 0 radical (unpaired) electrons. The molecule has 31 heavy (non-hydrogen) atoms. The molecule has 162 valence electrons.